The van der Waals surface area contributed by atoms with Crippen LogP contribution in [0.15, 0.2) is 132 Å². The van der Waals surface area contributed by atoms with Crippen LogP contribution in [0.2, 0.25) is 0 Å². The fraction of sp³-hybridized carbons (Fsp3) is 0. The van der Waals surface area contributed by atoms with Crippen molar-refractivity contribution in [2.24, 2.45) is 0 Å². The lowest BCUT2D eigenvalue weighted by molar-refractivity contribution is 0.620. The van der Waals surface area contributed by atoms with Gasteiger partial charge in [-0.2, -0.15) is 0 Å². The molecule has 39 heavy (non-hydrogen) atoms. The molecule has 182 valence electrons. The highest BCUT2D eigenvalue weighted by Crippen LogP contribution is 2.36. The number of para-hydroxylation sites is 3. The van der Waals surface area contributed by atoms with E-state index in [1.165, 1.54) is 16.2 Å². The molecular formula is C35H21N3O. The Morgan fingerprint density at radius 3 is 1.92 bits per heavy atom. The van der Waals surface area contributed by atoms with Gasteiger partial charge in [0.05, 0.1) is 11.2 Å². The lowest BCUT2D eigenvalue weighted by Crippen LogP contribution is -1.96. The molecule has 0 aliphatic heterocycles. The van der Waals surface area contributed by atoms with Gasteiger partial charge < -0.3 is 4.42 Å². The Morgan fingerprint density at radius 1 is 0.462 bits per heavy atom. The first-order valence-electron chi connectivity index (χ1n) is 13.0. The second-order valence-electron chi connectivity index (χ2n) is 9.67. The number of aromatic nitrogens is 3. The molecular weight excluding hydrogens is 478 g/mol. The minimum Gasteiger partial charge on any atom is -0.436 e. The average molecular weight is 500 g/mol. The van der Waals surface area contributed by atoms with E-state index in [4.69, 9.17) is 14.4 Å². The molecule has 0 fully saturated rings. The van der Waals surface area contributed by atoms with Crippen molar-refractivity contribution in [3.8, 4) is 34.1 Å². The van der Waals surface area contributed by atoms with Crippen LogP contribution < -0.4 is 0 Å². The molecule has 0 bridgehead atoms. The fourth-order valence-corrected chi connectivity index (χ4v) is 5.42. The Hall–Kier alpha value is -5.35. The minimum atomic E-state index is 0.610. The first-order valence-corrected chi connectivity index (χ1v) is 13.0. The molecule has 0 aliphatic carbocycles. The Bertz CT molecular complexity index is 2140. The summed E-state index contributed by atoms with van der Waals surface area (Å²) in [6, 6.07) is 43.5. The number of fused-ring (bicyclic) bond motifs is 5. The van der Waals surface area contributed by atoms with Gasteiger partial charge in [0.2, 0.25) is 5.89 Å². The van der Waals surface area contributed by atoms with E-state index in [0.717, 1.165) is 49.8 Å². The van der Waals surface area contributed by atoms with Gasteiger partial charge in [-0.05, 0) is 57.9 Å². The molecule has 0 N–H and O–H groups in total. The zero-order chi connectivity index (χ0) is 25.8. The van der Waals surface area contributed by atoms with Crippen LogP contribution in [0.1, 0.15) is 0 Å². The summed E-state index contributed by atoms with van der Waals surface area (Å²) in [6.45, 7) is 0. The first kappa shape index (κ1) is 21.7. The normalized spacial score (nSPS) is 11.6. The number of hydrogen-bond donors (Lipinski definition) is 0. The topological polar surface area (TPSA) is 51.8 Å². The summed E-state index contributed by atoms with van der Waals surface area (Å²) < 4.78 is 5.99. The molecule has 0 saturated carbocycles. The van der Waals surface area contributed by atoms with Crippen molar-refractivity contribution in [2.45, 2.75) is 0 Å². The van der Waals surface area contributed by atoms with Crippen molar-refractivity contribution in [1.82, 2.24) is 15.0 Å². The van der Waals surface area contributed by atoms with Crippen LogP contribution in [-0.4, -0.2) is 15.0 Å². The highest BCUT2D eigenvalue weighted by Gasteiger charge is 2.16. The first-order chi connectivity index (χ1) is 19.3. The quantitative estimate of drug-likeness (QED) is 0.228. The smallest absolute Gasteiger partial charge is 0.227 e. The largest absolute Gasteiger partial charge is 0.436 e. The van der Waals surface area contributed by atoms with E-state index in [1.807, 2.05) is 48.5 Å². The molecule has 6 aromatic carbocycles. The maximum atomic E-state index is 5.99. The number of nitrogens with zero attached hydrogens (tertiary/aromatic N) is 3. The van der Waals surface area contributed by atoms with Crippen molar-refractivity contribution in [3.05, 3.63) is 127 Å². The lowest BCUT2D eigenvalue weighted by Gasteiger charge is -2.13. The van der Waals surface area contributed by atoms with E-state index in [2.05, 4.69) is 83.8 Å². The van der Waals surface area contributed by atoms with Gasteiger partial charge in [-0.25, -0.2) is 15.0 Å². The molecule has 2 heterocycles. The van der Waals surface area contributed by atoms with Gasteiger partial charge in [0.1, 0.15) is 5.52 Å². The predicted molar refractivity (Wildman–Crippen MR) is 158 cm³/mol. The van der Waals surface area contributed by atoms with Crippen LogP contribution in [0.5, 0.6) is 0 Å². The molecule has 4 heteroatoms. The van der Waals surface area contributed by atoms with Crippen LogP contribution in [-0.2, 0) is 0 Å². The van der Waals surface area contributed by atoms with E-state index < -0.39 is 0 Å². The number of oxazole rings is 1. The summed E-state index contributed by atoms with van der Waals surface area (Å²) in [5.41, 5.74) is 6.42. The lowest BCUT2D eigenvalue weighted by atomic mass is 9.96. The Balaban J connectivity index is 1.31. The number of benzene rings is 6. The van der Waals surface area contributed by atoms with E-state index in [-0.39, 0.29) is 0 Å². The Kier molecular flexibility index (Phi) is 4.79. The predicted octanol–water partition coefficient (Wildman–Crippen LogP) is 9.08. The van der Waals surface area contributed by atoms with Gasteiger partial charge in [-0.3, -0.25) is 0 Å². The van der Waals surface area contributed by atoms with E-state index in [1.54, 1.807) is 0 Å². The molecule has 0 saturated heterocycles. The summed E-state index contributed by atoms with van der Waals surface area (Å²) in [5.74, 6) is 1.33. The minimum absolute atomic E-state index is 0.610. The van der Waals surface area contributed by atoms with Gasteiger partial charge in [-0.1, -0.05) is 91.0 Å². The third-order valence-corrected chi connectivity index (χ3v) is 7.31. The SMILES string of the molecule is c1ccc2c(c1)cc(-c1nc(-c3ccc(-c4nc5ccccc5o4)cc3)c3ccccc3n1)c1ccccc12. The van der Waals surface area contributed by atoms with Crippen LogP contribution in [0.3, 0.4) is 0 Å². The molecule has 0 unspecified atom stereocenters. The third kappa shape index (κ3) is 3.57. The monoisotopic (exact) mass is 499 g/mol. The fourth-order valence-electron chi connectivity index (χ4n) is 5.42. The maximum absolute atomic E-state index is 5.99. The second kappa shape index (κ2) is 8.61. The molecule has 0 radical (unpaired) electrons. The van der Waals surface area contributed by atoms with Crippen molar-refractivity contribution < 1.29 is 4.42 Å². The summed E-state index contributed by atoms with van der Waals surface area (Å²) in [4.78, 5) is 14.9. The zero-order valence-corrected chi connectivity index (χ0v) is 20.9. The van der Waals surface area contributed by atoms with Gasteiger partial charge in [0, 0.05) is 22.1 Å². The highest BCUT2D eigenvalue weighted by atomic mass is 16.3. The summed E-state index contributed by atoms with van der Waals surface area (Å²) in [7, 11) is 0. The van der Waals surface area contributed by atoms with Gasteiger partial charge >= 0.3 is 0 Å². The van der Waals surface area contributed by atoms with Crippen molar-refractivity contribution in [2.75, 3.05) is 0 Å². The molecule has 0 aliphatic rings. The van der Waals surface area contributed by atoms with E-state index >= 15 is 0 Å². The maximum Gasteiger partial charge on any atom is 0.227 e. The van der Waals surface area contributed by atoms with Gasteiger partial charge in [0.15, 0.2) is 11.4 Å². The molecule has 4 nitrogen and oxygen atoms in total. The third-order valence-electron chi connectivity index (χ3n) is 7.31. The van der Waals surface area contributed by atoms with E-state index in [0.29, 0.717) is 11.7 Å². The zero-order valence-electron chi connectivity index (χ0n) is 20.9. The highest BCUT2D eigenvalue weighted by molar-refractivity contribution is 6.13. The van der Waals surface area contributed by atoms with Crippen molar-refractivity contribution in [1.29, 1.82) is 0 Å². The molecule has 0 atom stereocenters. The van der Waals surface area contributed by atoms with Crippen molar-refractivity contribution >= 4 is 43.5 Å². The molecule has 0 spiro atoms. The molecule has 2 aromatic heterocycles. The standard InChI is InChI=1S/C35H21N3O/c1-2-10-25-24(9-1)21-29(27-12-4-3-11-26(25)27)34-36-30-14-6-5-13-28(30)33(38-34)22-17-19-23(20-18-22)35-37-31-15-7-8-16-32(31)39-35/h1-21H. The molecule has 0 amide bonds. The Labute approximate surface area is 224 Å². The number of rotatable bonds is 3. The molecule has 8 rings (SSSR count). The number of hydrogen-bond acceptors (Lipinski definition) is 4. The van der Waals surface area contributed by atoms with Crippen LogP contribution >= 0.6 is 0 Å². The van der Waals surface area contributed by atoms with Crippen LogP contribution in [0, 0.1) is 0 Å². The Morgan fingerprint density at radius 2 is 1.10 bits per heavy atom. The molecule has 8 aromatic rings. The van der Waals surface area contributed by atoms with Gasteiger partial charge in [0.25, 0.3) is 0 Å². The van der Waals surface area contributed by atoms with Crippen molar-refractivity contribution in [3.63, 3.8) is 0 Å². The summed E-state index contributed by atoms with van der Waals surface area (Å²) in [5, 5.41) is 5.76. The van der Waals surface area contributed by atoms with Crippen LogP contribution in [0.4, 0.5) is 0 Å². The average Bonchev–Trinajstić information content (AvgIpc) is 3.45. The van der Waals surface area contributed by atoms with Gasteiger partial charge in [-0.15, -0.1) is 0 Å². The van der Waals surface area contributed by atoms with Crippen LogP contribution in [0.25, 0.3) is 77.6 Å². The summed E-state index contributed by atoms with van der Waals surface area (Å²) in [6.07, 6.45) is 0. The van der Waals surface area contributed by atoms with E-state index in [9.17, 15) is 0 Å². The second-order valence-corrected chi connectivity index (χ2v) is 9.67. The summed E-state index contributed by atoms with van der Waals surface area (Å²) >= 11 is 0.